The van der Waals surface area contributed by atoms with Crippen LogP contribution < -0.4 is 10.2 Å². The maximum absolute atomic E-state index is 12.6. The van der Waals surface area contributed by atoms with Gasteiger partial charge in [-0.1, -0.05) is 13.3 Å². The first-order chi connectivity index (χ1) is 9.13. The molecule has 0 saturated carbocycles. The quantitative estimate of drug-likeness (QED) is 0.753. The van der Waals surface area contributed by atoms with Crippen molar-refractivity contribution in [3.8, 4) is 0 Å². The molecule has 108 valence electrons. The van der Waals surface area contributed by atoms with Crippen LogP contribution in [0.4, 0.5) is 20.4 Å². The standard InChI is InChI=1S/C12H20F2N4O/c1-3-4-9-11(15-2)16-8-17-12(9)18(5-6-19)7-10(13)14/h8,10,19H,3-7H2,1-2H3,(H,15,16,17). The molecule has 1 rings (SSSR count). The van der Waals surface area contributed by atoms with Crippen molar-refractivity contribution in [2.45, 2.75) is 26.2 Å². The predicted molar refractivity (Wildman–Crippen MR) is 70.9 cm³/mol. The number of hydrogen-bond donors (Lipinski definition) is 2. The van der Waals surface area contributed by atoms with Crippen molar-refractivity contribution in [3.05, 3.63) is 11.9 Å². The summed E-state index contributed by atoms with van der Waals surface area (Å²) in [7, 11) is 1.73. The number of nitrogens with zero attached hydrogens (tertiary/aromatic N) is 3. The number of rotatable bonds is 8. The lowest BCUT2D eigenvalue weighted by Crippen LogP contribution is -2.33. The average Bonchev–Trinajstić information content (AvgIpc) is 2.38. The van der Waals surface area contributed by atoms with E-state index in [0.29, 0.717) is 18.1 Å². The molecule has 7 heteroatoms. The summed E-state index contributed by atoms with van der Waals surface area (Å²) in [6.45, 7) is 1.48. The number of halogens is 2. The summed E-state index contributed by atoms with van der Waals surface area (Å²) in [5.74, 6) is 1.11. The summed E-state index contributed by atoms with van der Waals surface area (Å²) in [5.41, 5.74) is 0.807. The van der Waals surface area contributed by atoms with Crippen LogP contribution in [-0.4, -0.2) is 48.2 Å². The van der Waals surface area contributed by atoms with Gasteiger partial charge in [-0.25, -0.2) is 18.7 Å². The Labute approximate surface area is 111 Å². The molecule has 2 N–H and O–H groups in total. The van der Waals surface area contributed by atoms with Crippen molar-refractivity contribution in [3.63, 3.8) is 0 Å². The van der Waals surface area contributed by atoms with Crippen LogP contribution in [0.1, 0.15) is 18.9 Å². The van der Waals surface area contributed by atoms with Crippen LogP contribution >= 0.6 is 0 Å². The lowest BCUT2D eigenvalue weighted by Gasteiger charge is -2.25. The Hall–Kier alpha value is -1.50. The minimum Gasteiger partial charge on any atom is -0.395 e. The summed E-state index contributed by atoms with van der Waals surface area (Å²) in [6.07, 6.45) is 0.415. The SMILES string of the molecule is CCCc1c(NC)ncnc1N(CCO)CC(F)F. The molecule has 1 aromatic heterocycles. The van der Waals surface area contributed by atoms with E-state index in [1.807, 2.05) is 6.92 Å². The van der Waals surface area contributed by atoms with E-state index in [-0.39, 0.29) is 13.2 Å². The van der Waals surface area contributed by atoms with Crippen molar-refractivity contribution in [2.24, 2.45) is 0 Å². The number of aromatic nitrogens is 2. The van der Waals surface area contributed by atoms with Crippen molar-refractivity contribution < 1.29 is 13.9 Å². The first-order valence-electron chi connectivity index (χ1n) is 6.29. The van der Waals surface area contributed by atoms with Crippen molar-refractivity contribution >= 4 is 11.6 Å². The largest absolute Gasteiger partial charge is 0.395 e. The smallest absolute Gasteiger partial charge is 0.255 e. The van der Waals surface area contributed by atoms with E-state index in [2.05, 4.69) is 15.3 Å². The van der Waals surface area contributed by atoms with Gasteiger partial charge >= 0.3 is 0 Å². The zero-order valence-electron chi connectivity index (χ0n) is 11.2. The highest BCUT2D eigenvalue weighted by Crippen LogP contribution is 2.25. The molecule has 0 aliphatic rings. The molecule has 0 aliphatic carbocycles. The third-order valence-corrected chi connectivity index (χ3v) is 2.69. The number of aliphatic hydroxyl groups is 1. The van der Waals surface area contributed by atoms with Gasteiger partial charge in [-0.15, -0.1) is 0 Å². The molecule has 5 nitrogen and oxygen atoms in total. The summed E-state index contributed by atoms with van der Waals surface area (Å²) in [6, 6.07) is 0. The van der Waals surface area contributed by atoms with Crippen molar-refractivity contribution in [2.75, 3.05) is 37.0 Å². The molecular formula is C12H20F2N4O. The molecule has 0 amide bonds. The van der Waals surface area contributed by atoms with Crippen LogP contribution in [0.2, 0.25) is 0 Å². The number of hydrogen-bond acceptors (Lipinski definition) is 5. The van der Waals surface area contributed by atoms with E-state index in [1.165, 1.54) is 11.2 Å². The average molecular weight is 274 g/mol. The second-order valence-corrected chi connectivity index (χ2v) is 4.09. The van der Waals surface area contributed by atoms with Gasteiger partial charge < -0.3 is 15.3 Å². The molecule has 19 heavy (non-hydrogen) atoms. The van der Waals surface area contributed by atoms with E-state index in [9.17, 15) is 8.78 Å². The fraction of sp³-hybridized carbons (Fsp3) is 0.667. The van der Waals surface area contributed by atoms with E-state index in [0.717, 1.165) is 12.0 Å². The van der Waals surface area contributed by atoms with Gasteiger partial charge in [0.15, 0.2) is 0 Å². The summed E-state index contributed by atoms with van der Waals surface area (Å²) in [5, 5.41) is 12.0. The first-order valence-corrected chi connectivity index (χ1v) is 6.29. The zero-order valence-corrected chi connectivity index (χ0v) is 11.2. The number of nitrogens with one attached hydrogen (secondary N) is 1. The third kappa shape index (κ3) is 4.27. The van der Waals surface area contributed by atoms with Gasteiger partial charge in [-0.05, 0) is 6.42 Å². The molecule has 0 unspecified atom stereocenters. The van der Waals surface area contributed by atoms with Gasteiger partial charge in [0.1, 0.15) is 18.0 Å². The van der Waals surface area contributed by atoms with Gasteiger partial charge in [-0.3, -0.25) is 0 Å². The minimum absolute atomic E-state index is 0.126. The number of aliphatic hydroxyl groups excluding tert-OH is 1. The van der Waals surface area contributed by atoms with Crippen LogP contribution in [0.3, 0.4) is 0 Å². The minimum atomic E-state index is -2.48. The topological polar surface area (TPSA) is 61.3 Å². The lowest BCUT2D eigenvalue weighted by atomic mass is 10.1. The molecule has 0 bridgehead atoms. The van der Waals surface area contributed by atoms with Gasteiger partial charge in [0.2, 0.25) is 0 Å². The lowest BCUT2D eigenvalue weighted by molar-refractivity contribution is 0.152. The molecule has 0 fully saturated rings. The Bertz CT molecular complexity index is 390. The number of alkyl halides is 2. The summed E-state index contributed by atoms with van der Waals surface area (Å²) < 4.78 is 25.2. The molecule has 0 saturated heterocycles. The van der Waals surface area contributed by atoms with Gasteiger partial charge in [0.25, 0.3) is 6.43 Å². The maximum atomic E-state index is 12.6. The van der Waals surface area contributed by atoms with Crippen LogP contribution in [-0.2, 0) is 6.42 Å². The van der Waals surface area contributed by atoms with Gasteiger partial charge in [0, 0.05) is 19.2 Å². The molecule has 0 spiro atoms. The van der Waals surface area contributed by atoms with Crippen LogP contribution in [0.5, 0.6) is 0 Å². The Morgan fingerprint density at radius 2 is 2.16 bits per heavy atom. The fourth-order valence-electron chi connectivity index (χ4n) is 1.94. The highest BCUT2D eigenvalue weighted by molar-refractivity contribution is 5.58. The van der Waals surface area contributed by atoms with Gasteiger partial charge in [0.05, 0.1) is 13.2 Å². The van der Waals surface area contributed by atoms with Crippen molar-refractivity contribution in [1.82, 2.24) is 9.97 Å². The maximum Gasteiger partial charge on any atom is 0.255 e. The highest BCUT2D eigenvalue weighted by Gasteiger charge is 2.19. The van der Waals surface area contributed by atoms with E-state index in [1.54, 1.807) is 7.05 Å². The Kier molecular flexibility index (Phi) is 6.41. The van der Waals surface area contributed by atoms with E-state index in [4.69, 9.17) is 5.11 Å². The zero-order chi connectivity index (χ0) is 14.3. The molecule has 0 atom stereocenters. The third-order valence-electron chi connectivity index (χ3n) is 2.69. The second kappa shape index (κ2) is 7.83. The predicted octanol–water partition coefficient (Wildman–Crippen LogP) is 1.53. The normalized spacial score (nSPS) is 10.8. The van der Waals surface area contributed by atoms with Crippen LogP contribution in [0.15, 0.2) is 6.33 Å². The molecule has 0 aromatic carbocycles. The number of anilines is 2. The summed E-state index contributed by atoms with van der Waals surface area (Å²) >= 11 is 0. The molecule has 1 aromatic rings. The second-order valence-electron chi connectivity index (χ2n) is 4.09. The molecular weight excluding hydrogens is 254 g/mol. The Balaban J connectivity index is 3.12. The summed E-state index contributed by atoms with van der Waals surface area (Å²) in [4.78, 5) is 9.61. The van der Waals surface area contributed by atoms with Crippen molar-refractivity contribution in [1.29, 1.82) is 0 Å². The molecule has 0 aliphatic heterocycles. The monoisotopic (exact) mass is 274 g/mol. The van der Waals surface area contributed by atoms with Crippen LogP contribution in [0, 0.1) is 0 Å². The first kappa shape index (κ1) is 15.6. The van der Waals surface area contributed by atoms with E-state index < -0.39 is 13.0 Å². The van der Waals surface area contributed by atoms with Gasteiger partial charge in [-0.2, -0.15) is 0 Å². The highest BCUT2D eigenvalue weighted by atomic mass is 19.3. The molecule has 1 heterocycles. The fourth-order valence-corrected chi connectivity index (χ4v) is 1.94. The molecule has 0 radical (unpaired) electrons. The Morgan fingerprint density at radius 1 is 1.42 bits per heavy atom. The Morgan fingerprint density at radius 3 is 2.68 bits per heavy atom. The van der Waals surface area contributed by atoms with Crippen LogP contribution in [0.25, 0.3) is 0 Å². The van der Waals surface area contributed by atoms with E-state index >= 15 is 0 Å².